The highest BCUT2D eigenvalue weighted by molar-refractivity contribution is 5.22. The van der Waals surface area contributed by atoms with Crippen LogP contribution in [0.25, 0.3) is 0 Å². The molecule has 1 heterocycles. The number of hydrogen-bond acceptors (Lipinski definition) is 3. The third-order valence-corrected chi connectivity index (χ3v) is 4.04. The van der Waals surface area contributed by atoms with Crippen LogP contribution in [-0.2, 0) is 4.74 Å². The lowest BCUT2D eigenvalue weighted by molar-refractivity contribution is -0.00327. The summed E-state index contributed by atoms with van der Waals surface area (Å²) in [7, 11) is 2.11. The van der Waals surface area contributed by atoms with E-state index in [9.17, 15) is 5.11 Å². The normalized spacial score (nSPS) is 21.1. The fourth-order valence-corrected chi connectivity index (χ4v) is 2.69. The van der Waals surface area contributed by atoms with Crippen molar-refractivity contribution in [2.45, 2.75) is 44.8 Å². The van der Waals surface area contributed by atoms with Crippen molar-refractivity contribution in [3.63, 3.8) is 0 Å². The van der Waals surface area contributed by atoms with Crippen molar-refractivity contribution in [3.8, 4) is 0 Å². The molecule has 0 radical (unpaired) electrons. The molecule has 2 unspecified atom stereocenters. The molecule has 1 fully saturated rings. The maximum Gasteiger partial charge on any atom is 0.0802 e. The minimum atomic E-state index is -0.370. The van der Waals surface area contributed by atoms with E-state index < -0.39 is 0 Å². The van der Waals surface area contributed by atoms with E-state index in [1.165, 1.54) is 24.8 Å². The van der Waals surface area contributed by atoms with Crippen LogP contribution < -0.4 is 0 Å². The van der Waals surface area contributed by atoms with Crippen LogP contribution in [0.3, 0.4) is 0 Å². The fourth-order valence-electron chi connectivity index (χ4n) is 2.69. The lowest BCUT2D eigenvalue weighted by Crippen LogP contribution is -2.34. The highest BCUT2D eigenvalue weighted by Crippen LogP contribution is 2.18. The molecule has 1 aromatic rings. The molecule has 1 aliphatic heterocycles. The van der Waals surface area contributed by atoms with Crippen LogP contribution in [0, 0.1) is 6.92 Å². The Morgan fingerprint density at radius 2 is 2.05 bits per heavy atom. The molecule has 0 saturated carbocycles. The van der Waals surface area contributed by atoms with E-state index in [1.807, 2.05) is 12.1 Å². The number of aliphatic hydroxyl groups is 1. The third kappa shape index (κ3) is 4.89. The second-order valence-corrected chi connectivity index (χ2v) is 5.97. The van der Waals surface area contributed by atoms with E-state index in [0.717, 1.165) is 31.7 Å². The van der Waals surface area contributed by atoms with Gasteiger partial charge in [-0.2, -0.15) is 0 Å². The molecule has 20 heavy (non-hydrogen) atoms. The minimum absolute atomic E-state index is 0.370. The average Bonchev–Trinajstić information content (AvgIpc) is 2.46. The first-order valence-corrected chi connectivity index (χ1v) is 7.70. The maximum atomic E-state index is 10.2. The van der Waals surface area contributed by atoms with Crippen LogP contribution in [0.5, 0.6) is 0 Å². The number of hydrogen-bond donors (Lipinski definition) is 1. The summed E-state index contributed by atoms with van der Waals surface area (Å²) >= 11 is 0. The quantitative estimate of drug-likeness (QED) is 0.868. The van der Waals surface area contributed by atoms with Crippen LogP contribution >= 0.6 is 0 Å². The fraction of sp³-hybridized carbons (Fsp3) is 0.647. The predicted octanol–water partition coefficient (Wildman–Crippen LogP) is 2.92. The van der Waals surface area contributed by atoms with E-state index in [-0.39, 0.29) is 6.10 Å². The van der Waals surface area contributed by atoms with Gasteiger partial charge in [0, 0.05) is 19.7 Å². The summed E-state index contributed by atoms with van der Waals surface area (Å²) in [6.07, 6.45) is 4.43. The van der Waals surface area contributed by atoms with E-state index in [1.54, 1.807) is 0 Å². The van der Waals surface area contributed by atoms with Gasteiger partial charge in [0.15, 0.2) is 0 Å². The Morgan fingerprint density at radius 3 is 2.70 bits per heavy atom. The Balaban J connectivity index is 1.71. The van der Waals surface area contributed by atoms with Crippen LogP contribution in [0.15, 0.2) is 24.3 Å². The predicted molar refractivity (Wildman–Crippen MR) is 81.8 cm³/mol. The van der Waals surface area contributed by atoms with E-state index in [2.05, 4.69) is 31.0 Å². The molecule has 2 atom stereocenters. The summed E-state index contributed by atoms with van der Waals surface area (Å²) in [6, 6.07) is 8.14. The number of rotatable bonds is 6. The lowest BCUT2D eigenvalue weighted by Gasteiger charge is -2.27. The monoisotopic (exact) mass is 277 g/mol. The summed E-state index contributed by atoms with van der Waals surface area (Å²) in [5.41, 5.74) is 2.24. The maximum absolute atomic E-state index is 10.2. The van der Waals surface area contributed by atoms with Crippen LogP contribution in [0.2, 0.25) is 0 Å². The lowest BCUT2D eigenvalue weighted by atomic mass is 10.0. The summed E-state index contributed by atoms with van der Waals surface area (Å²) in [6.45, 7) is 4.84. The Morgan fingerprint density at radius 1 is 1.30 bits per heavy atom. The van der Waals surface area contributed by atoms with E-state index in [4.69, 9.17) is 4.74 Å². The summed E-state index contributed by atoms with van der Waals surface area (Å²) in [5, 5.41) is 10.2. The van der Waals surface area contributed by atoms with Gasteiger partial charge in [-0.15, -0.1) is 0 Å². The molecular formula is C17H27NO2. The first-order valence-electron chi connectivity index (χ1n) is 7.70. The van der Waals surface area contributed by atoms with Crippen LogP contribution in [0.1, 0.15) is 42.9 Å². The molecule has 0 aromatic heterocycles. The molecule has 1 saturated heterocycles. The highest BCUT2D eigenvalue weighted by Gasteiger charge is 2.16. The molecule has 3 nitrogen and oxygen atoms in total. The van der Waals surface area contributed by atoms with E-state index in [0.29, 0.717) is 6.10 Å². The molecule has 112 valence electrons. The van der Waals surface area contributed by atoms with Crippen molar-refractivity contribution in [3.05, 3.63) is 35.4 Å². The average molecular weight is 277 g/mol. The number of aliphatic hydroxyl groups excluding tert-OH is 1. The molecular weight excluding hydrogens is 250 g/mol. The molecule has 1 aromatic carbocycles. The molecule has 0 amide bonds. The van der Waals surface area contributed by atoms with Gasteiger partial charge in [0.25, 0.3) is 0 Å². The number of benzene rings is 1. The van der Waals surface area contributed by atoms with Crippen molar-refractivity contribution >= 4 is 0 Å². The standard InChI is InChI=1S/C17H27NO2/c1-14-6-8-15(9-7-14)17(19)10-11-18(2)13-16-5-3-4-12-20-16/h6-9,16-17,19H,3-5,10-13H2,1-2H3. The van der Waals surface area contributed by atoms with Crippen molar-refractivity contribution in [1.82, 2.24) is 4.90 Å². The summed E-state index contributed by atoms with van der Waals surface area (Å²) < 4.78 is 5.75. The molecule has 1 N–H and O–H groups in total. The topological polar surface area (TPSA) is 32.7 Å². The van der Waals surface area contributed by atoms with Gasteiger partial charge in [-0.3, -0.25) is 0 Å². The van der Waals surface area contributed by atoms with Gasteiger partial charge in [-0.05, 0) is 45.2 Å². The Kier molecular flexibility index (Phi) is 6.02. The van der Waals surface area contributed by atoms with Gasteiger partial charge in [-0.1, -0.05) is 29.8 Å². The first-order chi connectivity index (χ1) is 9.65. The number of nitrogens with zero attached hydrogens (tertiary/aromatic N) is 1. The zero-order valence-corrected chi connectivity index (χ0v) is 12.7. The van der Waals surface area contributed by atoms with Crippen molar-refractivity contribution in [2.24, 2.45) is 0 Å². The molecule has 0 aliphatic carbocycles. The Labute approximate surface area is 122 Å². The van der Waals surface area contributed by atoms with Gasteiger partial charge in [-0.25, -0.2) is 0 Å². The molecule has 2 rings (SSSR count). The van der Waals surface area contributed by atoms with Crippen molar-refractivity contribution < 1.29 is 9.84 Å². The second-order valence-electron chi connectivity index (χ2n) is 5.97. The number of ether oxygens (including phenoxy) is 1. The molecule has 1 aliphatic rings. The third-order valence-electron chi connectivity index (χ3n) is 4.04. The largest absolute Gasteiger partial charge is 0.388 e. The van der Waals surface area contributed by atoms with Gasteiger partial charge in [0.2, 0.25) is 0 Å². The Bertz CT molecular complexity index is 384. The number of aryl methyl sites for hydroxylation is 1. The van der Waals surface area contributed by atoms with E-state index >= 15 is 0 Å². The van der Waals surface area contributed by atoms with Crippen molar-refractivity contribution in [2.75, 3.05) is 26.7 Å². The Hall–Kier alpha value is -0.900. The zero-order valence-electron chi connectivity index (χ0n) is 12.7. The molecule has 0 spiro atoms. The SMILES string of the molecule is Cc1ccc(C(O)CCN(C)CC2CCCCO2)cc1. The minimum Gasteiger partial charge on any atom is -0.388 e. The van der Waals surface area contributed by atoms with Gasteiger partial charge < -0.3 is 14.7 Å². The van der Waals surface area contributed by atoms with Crippen molar-refractivity contribution in [1.29, 1.82) is 0 Å². The van der Waals surface area contributed by atoms with Gasteiger partial charge in [0.1, 0.15) is 0 Å². The smallest absolute Gasteiger partial charge is 0.0802 e. The molecule has 0 bridgehead atoms. The summed E-state index contributed by atoms with van der Waals surface area (Å²) in [4.78, 5) is 2.27. The van der Waals surface area contributed by atoms with Gasteiger partial charge >= 0.3 is 0 Å². The first kappa shape index (κ1) is 15.5. The van der Waals surface area contributed by atoms with Crippen LogP contribution in [0.4, 0.5) is 0 Å². The zero-order chi connectivity index (χ0) is 14.4. The van der Waals surface area contributed by atoms with Crippen LogP contribution in [-0.4, -0.2) is 42.9 Å². The molecule has 3 heteroatoms. The number of likely N-dealkylation sites (N-methyl/N-ethyl adjacent to an activating group) is 1. The summed E-state index contributed by atoms with van der Waals surface area (Å²) in [5.74, 6) is 0. The highest BCUT2D eigenvalue weighted by atomic mass is 16.5. The second kappa shape index (κ2) is 7.77. The van der Waals surface area contributed by atoms with Gasteiger partial charge in [0.05, 0.1) is 12.2 Å².